The lowest BCUT2D eigenvalue weighted by molar-refractivity contribution is -0.115. The molecule has 7 heteroatoms. The van der Waals surface area contributed by atoms with Crippen molar-refractivity contribution in [1.82, 2.24) is 0 Å². The minimum Gasteiger partial charge on any atom is -0.328 e. The first-order chi connectivity index (χ1) is 10.1. The van der Waals surface area contributed by atoms with Gasteiger partial charge in [0.15, 0.2) is 0 Å². The summed E-state index contributed by atoms with van der Waals surface area (Å²) in [5, 5.41) is 2.96. The highest BCUT2D eigenvalue weighted by atomic mass is 31.2. The zero-order chi connectivity index (χ0) is 15.6. The van der Waals surface area contributed by atoms with Crippen LogP contribution < -0.4 is 0 Å². The van der Waals surface area contributed by atoms with Gasteiger partial charge in [0.25, 0.3) is 0 Å². The third-order valence-electron chi connectivity index (χ3n) is 2.95. The van der Waals surface area contributed by atoms with Crippen LogP contribution in [0.25, 0.3) is 10.4 Å². The summed E-state index contributed by atoms with van der Waals surface area (Å²) in [6, 6.07) is 10.0. The zero-order valence-corrected chi connectivity index (χ0v) is 13.0. The van der Waals surface area contributed by atoms with Crippen molar-refractivity contribution in [3.05, 3.63) is 46.3 Å². The van der Waals surface area contributed by atoms with Crippen LogP contribution in [-0.2, 0) is 20.3 Å². The molecule has 6 nitrogen and oxygen atoms in total. The molecule has 0 aliphatic rings. The summed E-state index contributed by atoms with van der Waals surface area (Å²) in [5.74, 6) is -0.725. The van der Waals surface area contributed by atoms with Gasteiger partial charge in [0.05, 0.1) is 12.8 Å². The first kappa shape index (κ1) is 17.4. The molecule has 1 unspecified atom stereocenters. The molecule has 1 aromatic carbocycles. The Labute approximate surface area is 124 Å². The van der Waals surface area contributed by atoms with E-state index in [9.17, 15) is 9.36 Å². The molecular formula is C14H20N3O3P. The summed E-state index contributed by atoms with van der Waals surface area (Å²) in [7, 11) is -3.04. The molecule has 0 aliphatic carbocycles. The van der Waals surface area contributed by atoms with Crippen molar-refractivity contribution in [3.63, 3.8) is 0 Å². The third kappa shape index (κ3) is 7.09. The van der Waals surface area contributed by atoms with Gasteiger partial charge in [-0.25, -0.2) is 0 Å². The Morgan fingerprint density at radius 3 is 2.67 bits per heavy atom. The van der Waals surface area contributed by atoms with Gasteiger partial charge in [-0.15, -0.1) is 0 Å². The molecule has 21 heavy (non-hydrogen) atoms. The Hall–Kier alpha value is -1.61. The Morgan fingerprint density at radius 2 is 2.05 bits per heavy atom. The van der Waals surface area contributed by atoms with Gasteiger partial charge in [-0.1, -0.05) is 30.3 Å². The summed E-state index contributed by atoms with van der Waals surface area (Å²) in [5.41, 5.74) is 9.44. The van der Waals surface area contributed by atoms with Gasteiger partial charge < -0.3 is 4.52 Å². The lowest BCUT2D eigenvalue weighted by Crippen LogP contribution is -2.07. The number of nitrogens with zero attached hydrogens (tertiary/aromatic N) is 3. The molecule has 0 heterocycles. The predicted octanol–water partition coefficient (Wildman–Crippen LogP) is 4.16. The smallest absolute Gasteiger partial charge is 0.228 e. The molecule has 1 atom stereocenters. The molecule has 114 valence electrons. The minimum absolute atomic E-state index is 0.277. The number of amides is 1. The largest absolute Gasteiger partial charge is 0.328 e. The Morgan fingerprint density at radius 1 is 1.33 bits per heavy atom. The second-order valence-electron chi connectivity index (χ2n) is 4.64. The van der Waals surface area contributed by atoms with E-state index in [-0.39, 0.29) is 12.8 Å². The van der Waals surface area contributed by atoms with Crippen LogP contribution in [0, 0.1) is 0 Å². The van der Waals surface area contributed by atoms with Gasteiger partial charge in [-0.3, -0.25) is 9.36 Å². The lowest BCUT2D eigenvalue weighted by Gasteiger charge is -2.16. The summed E-state index contributed by atoms with van der Waals surface area (Å²) in [6.07, 6.45) is 2.50. The number of hydrogen-bond acceptors (Lipinski definition) is 3. The van der Waals surface area contributed by atoms with E-state index in [2.05, 4.69) is 10.0 Å². The molecule has 1 rings (SSSR count). The summed E-state index contributed by atoms with van der Waals surface area (Å²) < 4.78 is 17.7. The van der Waals surface area contributed by atoms with Crippen molar-refractivity contribution in [3.8, 4) is 0 Å². The van der Waals surface area contributed by atoms with Crippen molar-refractivity contribution in [2.75, 3.05) is 18.9 Å². The van der Waals surface area contributed by atoms with Crippen LogP contribution in [-0.4, -0.2) is 24.8 Å². The van der Waals surface area contributed by atoms with Crippen LogP contribution in [0.2, 0.25) is 0 Å². The molecule has 0 saturated heterocycles. The van der Waals surface area contributed by atoms with Gasteiger partial charge in [-0.05, 0) is 42.4 Å². The van der Waals surface area contributed by atoms with E-state index in [4.69, 9.17) is 10.1 Å². The number of azide groups is 1. The molecule has 0 aliphatic heterocycles. The quantitative estimate of drug-likeness (QED) is 0.225. The van der Waals surface area contributed by atoms with E-state index in [1.807, 2.05) is 30.3 Å². The SMILES string of the molecule is CCOP(=O)(CCCCc1ccccc1)CC(=O)N=[N+]=[N-]. The number of carbonyl (C=O) groups excluding carboxylic acids is 1. The second-order valence-corrected chi connectivity index (χ2v) is 7.29. The normalized spacial score (nSPS) is 13.2. The number of carbonyl (C=O) groups is 1. The number of rotatable bonds is 9. The average molecular weight is 309 g/mol. The first-order valence-corrected chi connectivity index (χ1v) is 8.93. The fourth-order valence-electron chi connectivity index (χ4n) is 2.04. The molecule has 0 radical (unpaired) electrons. The fraction of sp³-hybridized carbons (Fsp3) is 0.500. The van der Waals surface area contributed by atoms with Crippen LogP contribution >= 0.6 is 7.37 Å². The highest BCUT2D eigenvalue weighted by Crippen LogP contribution is 2.47. The maximum atomic E-state index is 12.5. The maximum Gasteiger partial charge on any atom is 0.228 e. The summed E-state index contributed by atoms with van der Waals surface area (Å²) in [4.78, 5) is 13.7. The monoisotopic (exact) mass is 309 g/mol. The van der Waals surface area contributed by atoms with Crippen LogP contribution in [0.4, 0.5) is 0 Å². The first-order valence-electron chi connectivity index (χ1n) is 6.94. The van der Waals surface area contributed by atoms with E-state index >= 15 is 0 Å². The standard InChI is InChI=1S/C14H20N3O3P/c1-2-20-21(19,12-14(18)16-17-15)11-7-6-10-13-8-4-3-5-9-13/h3-5,8-9H,2,6-7,10-12H2,1H3. The number of unbranched alkanes of at least 4 members (excludes halogenated alkanes) is 1. The summed E-state index contributed by atoms with van der Waals surface area (Å²) >= 11 is 0. The number of benzene rings is 1. The van der Waals surface area contributed by atoms with Gasteiger partial charge in [0.1, 0.15) is 0 Å². The van der Waals surface area contributed by atoms with Crippen LogP contribution in [0.1, 0.15) is 25.3 Å². The average Bonchev–Trinajstić information content (AvgIpc) is 2.45. The van der Waals surface area contributed by atoms with Crippen molar-refractivity contribution in [1.29, 1.82) is 0 Å². The lowest BCUT2D eigenvalue weighted by atomic mass is 10.1. The van der Waals surface area contributed by atoms with E-state index in [0.717, 1.165) is 12.8 Å². The molecule has 0 N–H and O–H groups in total. The highest BCUT2D eigenvalue weighted by Gasteiger charge is 2.25. The van der Waals surface area contributed by atoms with Crippen molar-refractivity contribution in [2.24, 2.45) is 5.11 Å². The predicted molar refractivity (Wildman–Crippen MR) is 82.5 cm³/mol. The van der Waals surface area contributed by atoms with Crippen molar-refractivity contribution < 1.29 is 13.9 Å². The topological polar surface area (TPSA) is 92.1 Å². The molecule has 0 saturated carbocycles. The van der Waals surface area contributed by atoms with E-state index in [0.29, 0.717) is 12.6 Å². The molecule has 0 spiro atoms. The van der Waals surface area contributed by atoms with Crippen molar-refractivity contribution in [2.45, 2.75) is 26.2 Å². The Bertz CT molecular complexity index is 542. The third-order valence-corrected chi connectivity index (χ3v) is 5.43. The van der Waals surface area contributed by atoms with Gasteiger partial charge in [0.2, 0.25) is 13.3 Å². The fourth-order valence-corrected chi connectivity index (χ4v) is 4.07. The number of hydrogen-bond donors (Lipinski definition) is 0. The van der Waals surface area contributed by atoms with Gasteiger partial charge in [0, 0.05) is 11.1 Å². The maximum absolute atomic E-state index is 12.5. The molecule has 1 amide bonds. The Kier molecular flexibility index (Phi) is 7.76. The number of aryl methyl sites for hydroxylation is 1. The van der Waals surface area contributed by atoms with Crippen LogP contribution in [0.5, 0.6) is 0 Å². The molecule has 0 bridgehead atoms. The highest BCUT2D eigenvalue weighted by molar-refractivity contribution is 7.59. The second kappa shape index (κ2) is 9.35. The molecule has 1 aromatic rings. The van der Waals surface area contributed by atoms with Crippen LogP contribution in [0.15, 0.2) is 35.4 Å². The van der Waals surface area contributed by atoms with Crippen molar-refractivity contribution >= 4 is 13.3 Å². The van der Waals surface area contributed by atoms with Crippen LogP contribution in [0.3, 0.4) is 0 Å². The van der Waals surface area contributed by atoms with E-state index < -0.39 is 13.3 Å². The van der Waals surface area contributed by atoms with Gasteiger partial charge in [-0.2, -0.15) is 0 Å². The molecule has 0 fully saturated rings. The zero-order valence-electron chi connectivity index (χ0n) is 12.1. The molecule has 0 aromatic heterocycles. The van der Waals surface area contributed by atoms with Gasteiger partial charge >= 0.3 is 0 Å². The Balaban J connectivity index is 2.45. The summed E-state index contributed by atoms with van der Waals surface area (Å²) in [6.45, 7) is 2.01. The van der Waals surface area contributed by atoms with E-state index in [1.54, 1.807) is 6.92 Å². The minimum atomic E-state index is -3.04. The van der Waals surface area contributed by atoms with E-state index in [1.165, 1.54) is 5.56 Å². The molecular weight excluding hydrogens is 289 g/mol.